The van der Waals surface area contributed by atoms with Crippen molar-refractivity contribution in [3.05, 3.63) is 23.9 Å². The standard InChI is InChI=1S/C12H21N3O/c1-8(2)12(16-3)10(13)6-9-4-5-15-11(14)7-9/h4-5,7-8,10,12H,6,13H2,1-3H3,(H2,14,15). The molecule has 4 N–H and O–H groups in total. The summed E-state index contributed by atoms with van der Waals surface area (Å²) in [5.74, 6) is 0.933. The van der Waals surface area contributed by atoms with Gasteiger partial charge in [-0.15, -0.1) is 0 Å². The second-order valence-electron chi connectivity index (χ2n) is 4.40. The highest BCUT2D eigenvalue weighted by atomic mass is 16.5. The average molecular weight is 223 g/mol. The minimum Gasteiger partial charge on any atom is -0.384 e. The van der Waals surface area contributed by atoms with Crippen LogP contribution in [0, 0.1) is 5.92 Å². The third kappa shape index (κ3) is 3.47. The number of hydrogen-bond donors (Lipinski definition) is 2. The van der Waals surface area contributed by atoms with Crippen molar-refractivity contribution >= 4 is 5.82 Å². The molecule has 16 heavy (non-hydrogen) atoms. The van der Waals surface area contributed by atoms with E-state index >= 15 is 0 Å². The summed E-state index contributed by atoms with van der Waals surface area (Å²) in [4.78, 5) is 3.95. The van der Waals surface area contributed by atoms with Gasteiger partial charge < -0.3 is 16.2 Å². The van der Waals surface area contributed by atoms with Gasteiger partial charge in [0.2, 0.25) is 0 Å². The molecule has 0 saturated carbocycles. The zero-order chi connectivity index (χ0) is 12.1. The van der Waals surface area contributed by atoms with E-state index in [4.69, 9.17) is 16.2 Å². The molecule has 0 radical (unpaired) electrons. The maximum atomic E-state index is 6.13. The smallest absolute Gasteiger partial charge is 0.123 e. The minimum atomic E-state index is -0.0215. The third-order valence-electron chi connectivity index (χ3n) is 2.67. The lowest BCUT2D eigenvalue weighted by Crippen LogP contribution is -2.41. The van der Waals surface area contributed by atoms with E-state index in [0.29, 0.717) is 11.7 Å². The molecule has 0 amide bonds. The fraction of sp³-hybridized carbons (Fsp3) is 0.583. The summed E-state index contributed by atoms with van der Waals surface area (Å²) in [6.07, 6.45) is 2.52. The van der Waals surface area contributed by atoms with Crippen LogP contribution in [-0.2, 0) is 11.2 Å². The largest absolute Gasteiger partial charge is 0.384 e. The molecule has 2 atom stereocenters. The van der Waals surface area contributed by atoms with Crippen molar-refractivity contribution in [1.29, 1.82) is 0 Å². The molecule has 0 bridgehead atoms. The molecule has 4 heteroatoms. The first-order valence-electron chi connectivity index (χ1n) is 5.53. The molecular formula is C12H21N3O. The Morgan fingerprint density at radius 3 is 2.62 bits per heavy atom. The molecule has 1 rings (SSSR count). The van der Waals surface area contributed by atoms with Crippen LogP contribution >= 0.6 is 0 Å². The van der Waals surface area contributed by atoms with Gasteiger partial charge in [0, 0.05) is 19.3 Å². The topological polar surface area (TPSA) is 74.2 Å². The number of ether oxygens (including phenoxy) is 1. The Hall–Kier alpha value is -1.13. The Bertz CT molecular complexity index is 328. The van der Waals surface area contributed by atoms with Crippen LogP contribution < -0.4 is 11.5 Å². The van der Waals surface area contributed by atoms with Gasteiger partial charge in [-0.05, 0) is 30.0 Å². The van der Waals surface area contributed by atoms with Crippen LogP contribution in [0.1, 0.15) is 19.4 Å². The van der Waals surface area contributed by atoms with Gasteiger partial charge in [-0.2, -0.15) is 0 Å². The molecule has 1 aromatic rings. The summed E-state index contributed by atoms with van der Waals surface area (Å²) < 4.78 is 5.40. The lowest BCUT2D eigenvalue weighted by molar-refractivity contribution is 0.0441. The zero-order valence-corrected chi connectivity index (χ0v) is 10.2. The number of nitrogens with zero attached hydrogens (tertiary/aromatic N) is 1. The summed E-state index contributed by atoms with van der Waals surface area (Å²) in [6.45, 7) is 4.21. The number of aromatic nitrogens is 1. The fourth-order valence-electron chi connectivity index (χ4n) is 1.95. The van der Waals surface area contributed by atoms with Crippen LogP contribution in [0.3, 0.4) is 0 Å². The molecule has 0 saturated heterocycles. The highest BCUT2D eigenvalue weighted by Crippen LogP contribution is 2.14. The molecule has 0 fully saturated rings. The first-order valence-corrected chi connectivity index (χ1v) is 5.53. The highest BCUT2D eigenvalue weighted by molar-refractivity contribution is 5.32. The van der Waals surface area contributed by atoms with Crippen molar-refractivity contribution in [2.45, 2.75) is 32.4 Å². The van der Waals surface area contributed by atoms with Crippen molar-refractivity contribution in [2.24, 2.45) is 11.7 Å². The van der Waals surface area contributed by atoms with Crippen molar-refractivity contribution < 1.29 is 4.74 Å². The maximum Gasteiger partial charge on any atom is 0.123 e. The van der Waals surface area contributed by atoms with Crippen LogP contribution in [-0.4, -0.2) is 24.2 Å². The molecule has 1 heterocycles. The van der Waals surface area contributed by atoms with Gasteiger partial charge in [0.25, 0.3) is 0 Å². The van der Waals surface area contributed by atoms with E-state index in [2.05, 4.69) is 18.8 Å². The van der Waals surface area contributed by atoms with E-state index in [1.807, 2.05) is 12.1 Å². The van der Waals surface area contributed by atoms with Crippen molar-refractivity contribution in [3.8, 4) is 0 Å². The van der Waals surface area contributed by atoms with E-state index in [9.17, 15) is 0 Å². The van der Waals surface area contributed by atoms with Crippen LogP contribution in [0.2, 0.25) is 0 Å². The molecule has 4 nitrogen and oxygen atoms in total. The Kier molecular flexibility index (Phi) is 4.71. The molecule has 0 aliphatic carbocycles. The average Bonchev–Trinajstić information content (AvgIpc) is 2.17. The second-order valence-corrected chi connectivity index (χ2v) is 4.40. The minimum absolute atomic E-state index is 0.0215. The third-order valence-corrected chi connectivity index (χ3v) is 2.67. The van der Waals surface area contributed by atoms with Gasteiger partial charge in [-0.25, -0.2) is 4.98 Å². The van der Waals surface area contributed by atoms with Gasteiger partial charge >= 0.3 is 0 Å². The first kappa shape index (κ1) is 12.9. The van der Waals surface area contributed by atoms with Crippen molar-refractivity contribution in [1.82, 2.24) is 4.98 Å². The second kappa shape index (κ2) is 5.82. The molecule has 1 aromatic heterocycles. The summed E-state index contributed by atoms with van der Waals surface area (Å²) in [7, 11) is 1.70. The van der Waals surface area contributed by atoms with E-state index in [1.165, 1.54) is 0 Å². The van der Waals surface area contributed by atoms with Gasteiger partial charge in [-0.3, -0.25) is 0 Å². The zero-order valence-electron chi connectivity index (χ0n) is 10.2. The Morgan fingerprint density at radius 2 is 2.12 bits per heavy atom. The Morgan fingerprint density at radius 1 is 1.44 bits per heavy atom. The number of nitrogen functional groups attached to an aromatic ring is 1. The monoisotopic (exact) mass is 223 g/mol. The Balaban J connectivity index is 2.66. The number of methoxy groups -OCH3 is 1. The van der Waals surface area contributed by atoms with Crippen molar-refractivity contribution in [3.63, 3.8) is 0 Å². The lowest BCUT2D eigenvalue weighted by Gasteiger charge is -2.26. The van der Waals surface area contributed by atoms with E-state index in [1.54, 1.807) is 13.3 Å². The quantitative estimate of drug-likeness (QED) is 0.786. The normalized spacial score (nSPS) is 15.1. The predicted octanol–water partition coefficient (Wildman–Crippen LogP) is 1.20. The SMILES string of the molecule is COC(C(C)C)C(N)Cc1ccnc(N)c1. The maximum absolute atomic E-state index is 6.13. The molecule has 0 aliphatic heterocycles. The number of anilines is 1. The molecular weight excluding hydrogens is 202 g/mol. The van der Waals surface area contributed by atoms with E-state index < -0.39 is 0 Å². The van der Waals surface area contributed by atoms with Gasteiger partial charge in [0.05, 0.1) is 6.10 Å². The molecule has 0 spiro atoms. The molecule has 90 valence electrons. The predicted molar refractivity (Wildman–Crippen MR) is 66.0 cm³/mol. The highest BCUT2D eigenvalue weighted by Gasteiger charge is 2.21. The molecule has 0 aliphatic rings. The number of rotatable bonds is 5. The fourth-order valence-corrected chi connectivity index (χ4v) is 1.95. The van der Waals surface area contributed by atoms with E-state index in [-0.39, 0.29) is 12.1 Å². The summed E-state index contributed by atoms with van der Waals surface area (Å²) in [5, 5.41) is 0. The molecule has 2 unspecified atom stereocenters. The first-order chi connectivity index (χ1) is 7.54. The van der Waals surface area contributed by atoms with E-state index in [0.717, 1.165) is 12.0 Å². The van der Waals surface area contributed by atoms with Gasteiger partial charge in [-0.1, -0.05) is 13.8 Å². The molecule has 0 aromatic carbocycles. The summed E-state index contributed by atoms with van der Waals surface area (Å²) >= 11 is 0. The lowest BCUT2D eigenvalue weighted by atomic mass is 9.95. The van der Waals surface area contributed by atoms with Crippen LogP contribution in [0.15, 0.2) is 18.3 Å². The number of nitrogens with two attached hydrogens (primary N) is 2. The van der Waals surface area contributed by atoms with Gasteiger partial charge in [0.1, 0.15) is 5.82 Å². The summed E-state index contributed by atoms with van der Waals surface area (Å²) in [6, 6.07) is 3.77. The van der Waals surface area contributed by atoms with Crippen LogP contribution in [0.25, 0.3) is 0 Å². The van der Waals surface area contributed by atoms with Crippen molar-refractivity contribution in [2.75, 3.05) is 12.8 Å². The number of pyridine rings is 1. The van der Waals surface area contributed by atoms with Crippen LogP contribution in [0.4, 0.5) is 5.82 Å². The Labute approximate surface area is 97.0 Å². The number of hydrogen-bond acceptors (Lipinski definition) is 4. The van der Waals surface area contributed by atoms with Gasteiger partial charge in [0.15, 0.2) is 0 Å². The van der Waals surface area contributed by atoms with Crippen LogP contribution in [0.5, 0.6) is 0 Å². The summed E-state index contributed by atoms with van der Waals surface area (Å²) in [5.41, 5.74) is 12.8.